The molecule has 0 N–H and O–H groups in total. The summed E-state index contributed by atoms with van der Waals surface area (Å²) in [5.41, 5.74) is 0.897. The quantitative estimate of drug-likeness (QED) is 0.529. The lowest BCUT2D eigenvalue weighted by Gasteiger charge is -2.02. The molecule has 0 aromatic carbocycles. The van der Waals surface area contributed by atoms with Crippen LogP contribution in [0.2, 0.25) is 0 Å². The zero-order valence-electron chi connectivity index (χ0n) is 13.2. The average Bonchev–Trinajstić information content (AvgIpc) is 2.82. The van der Waals surface area contributed by atoms with E-state index in [-0.39, 0.29) is 0 Å². The Morgan fingerprint density at radius 3 is 2.20 bits per heavy atom. The highest BCUT2D eigenvalue weighted by atomic mass is 16.1. The van der Waals surface area contributed by atoms with Crippen LogP contribution < -0.4 is 0 Å². The molecule has 0 spiro atoms. The monoisotopic (exact) mass is 278 g/mol. The standard InChI is InChI=1S/C17H30N2O/c1-3-4-5-6-7-8-9-10-11-12-17(20)15-16-13-14-19(2)18-16/h13-14H,3-12,15H2,1-2H3. The molecule has 1 aromatic rings. The highest BCUT2D eigenvalue weighted by Gasteiger charge is 2.05. The Labute approximate surface area is 123 Å². The molecule has 114 valence electrons. The van der Waals surface area contributed by atoms with Crippen LogP contribution in [0.3, 0.4) is 0 Å². The predicted octanol–water partition coefficient (Wildman–Crippen LogP) is 4.45. The number of aromatic nitrogens is 2. The number of ketones is 1. The second kappa shape index (κ2) is 10.6. The number of hydrogen-bond donors (Lipinski definition) is 0. The molecule has 3 nitrogen and oxygen atoms in total. The highest BCUT2D eigenvalue weighted by Crippen LogP contribution is 2.11. The number of Topliss-reactive ketones (excluding diaryl/α,β-unsaturated/α-hetero) is 1. The molecule has 0 saturated heterocycles. The lowest BCUT2D eigenvalue weighted by molar-refractivity contribution is -0.118. The molecule has 0 amide bonds. The van der Waals surface area contributed by atoms with Crippen molar-refractivity contribution in [3.05, 3.63) is 18.0 Å². The van der Waals surface area contributed by atoms with Crippen molar-refractivity contribution in [3.63, 3.8) is 0 Å². The van der Waals surface area contributed by atoms with Crippen LogP contribution in [0.4, 0.5) is 0 Å². The van der Waals surface area contributed by atoms with Crippen molar-refractivity contribution in [1.82, 2.24) is 9.78 Å². The number of unbranched alkanes of at least 4 members (excludes halogenated alkanes) is 8. The average molecular weight is 278 g/mol. The van der Waals surface area contributed by atoms with Crippen LogP contribution in [0, 0.1) is 0 Å². The van der Waals surface area contributed by atoms with E-state index in [1.54, 1.807) is 4.68 Å². The van der Waals surface area contributed by atoms with Gasteiger partial charge in [0.15, 0.2) is 0 Å². The van der Waals surface area contributed by atoms with E-state index in [9.17, 15) is 4.79 Å². The van der Waals surface area contributed by atoms with Gasteiger partial charge in [0, 0.05) is 19.7 Å². The Kier molecular flexibility index (Phi) is 9.01. The maximum absolute atomic E-state index is 11.8. The minimum Gasteiger partial charge on any atom is -0.299 e. The van der Waals surface area contributed by atoms with Crippen molar-refractivity contribution in [2.24, 2.45) is 7.05 Å². The van der Waals surface area contributed by atoms with E-state index in [0.717, 1.165) is 12.1 Å². The summed E-state index contributed by atoms with van der Waals surface area (Å²) >= 11 is 0. The first-order valence-electron chi connectivity index (χ1n) is 8.22. The second-order valence-electron chi connectivity index (χ2n) is 5.77. The summed E-state index contributed by atoms with van der Waals surface area (Å²) in [6, 6.07) is 1.92. The second-order valence-corrected chi connectivity index (χ2v) is 5.77. The Morgan fingerprint density at radius 2 is 1.65 bits per heavy atom. The Hall–Kier alpha value is -1.12. The summed E-state index contributed by atoms with van der Waals surface area (Å²) < 4.78 is 1.75. The summed E-state index contributed by atoms with van der Waals surface area (Å²) in [6.45, 7) is 2.25. The third kappa shape index (κ3) is 8.13. The largest absolute Gasteiger partial charge is 0.299 e. The first-order valence-corrected chi connectivity index (χ1v) is 8.22. The topological polar surface area (TPSA) is 34.9 Å². The van der Waals surface area contributed by atoms with Crippen molar-refractivity contribution in [1.29, 1.82) is 0 Å². The lowest BCUT2D eigenvalue weighted by atomic mass is 10.0. The molecule has 0 bridgehead atoms. The van der Waals surface area contributed by atoms with E-state index in [1.807, 2.05) is 19.3 Å². The molecular formula is C17H30N2O. The van der Waals surface area contributed by atoms with Gasteiger partial charge in [0.1, 0.15) is 5.78 Å². The minimum absolute atomic E-state index is 0.326. The van der Waals surface area contributed by atoms with Crippen molar-refractivity contribution in [3.8, 4) is 0 Å². The van der Waals surface area contributed by atoms with Gasteiger partial charge in [-0.05, 0) is 12.5 Å². The van der Waals surface area contributed by atoms with Gasteiger partial charge in [-0.15, -0.1) is 0 Å². The molecular weight excluding hydrogens is 248 g/mol. The lowest BCUT2D eigenvalue weighted by Crippen LogP contribution is -2.03. The number of carbonyl (C=O) groups is 1. The van der Waals surface area contributed by atoms with Gasteiger partial charge in [-0.1, -0.05) is 58.3 Å². The number of hydrogen-bond acceptors (Lipinski definition) is 2. The summed E-state index contributed by atoms with van der Waals surface area (Å²) in [5.74, 6) is 0.326. The molecule has 1 rings (SSSR count). The third-order valence-corrected chi connectivity index (χ3v) is 3.71. The molecule has 0 unspecified atom stereocenters. The van der Waals surface area contributed by atoms with Crippen LogP contribution >= 0.6 is 0 Å². The normalized spacial score (nSPS) is 10.9. The molecule has 0 fully saturated rings. The van der Waals surface area contributed by atoms with E-state index in [4.69, 9.17) is 0 Å². The van der Waals surface area contributed by atoms with E-state index in [1.165, 1.54) is 51.4 Å². The fourth-order valence-corrected chi connectivity index (χ4v) is 2.48. The fraction of sp³-hybridized carbons (Fsp3) is 0.765. The maximum Gasteiger partial charge on any atom is 0.138 e. The summed E-state index contributed by atoms with van der Waals surface area (Å²) in [5, 5.41) is 4.24. The maximum atomic E-state index is 11.8. The third-order valence-electron chi connectivity index (χ3n) is 3.71. The van der Waals surface area contributed by atoms with Crippen LogP contribution in [0.15, 0.2) is 12.3 Å². The van der Waals surface area contributed by atoms with Gasteiger partial charge in [0.2, 0.25) is 0 Å². The van der Waals surface area contributed by atoms with E-state index in [0.29, 0.717) is 18.6 Å². The van der Waals surface area contributed by atoms with Crippen LogP contribution in [0.5, 0.6) is 0 Å². The van der Waals surface area contributed by atoms with Gasteiger partial charge in [-0.3, -0.25) is 9.48 Å². The van der Waals surface area contributed by atoms with E-state index >= 15 is 0 Å². The van der Waals surface area contributed by atoms with Gasteiger partial charge < -0.3 is 0 Å². The molecule has 1 aromatic heterocycles. The molecule has 0 radical (unpaired) electrons. The summed E-state index contributed by atoms with van der Waals surface area (Å²) in [4.78, 5) is 11.8. The summed E-state index contributed by atoms with van der Waals surface area (Å²) in [7, 11) is 1.88. The van der Waals surface area contributed by atoms with Gasteiger partial charge >= 0.3 is 0 Å². The summed E-state index contributed by atoms with van der Waals surface area (Å²) in [6.07, 6.45) is 14.8. The molecule has 3 heteroatoms. The Balaban J connectivity index is 1.92. The molecule has 0 aliphatic heterocycles. The van der Waals surface area contributed by atoms with Gasteiger partial charge in [-0.2, -0.15) is 5.10 Å². The first-order chi connectivity index (χ1) is 9.72. The fourth-order valence-electron chi connectivity index (χ4n) is 2.48. The van der Waals surface area contributed by atoms with Crippen molar-refractivity contribution in [2.75, 3.05) is 0 Å². The van der Waals surface area contributed by atoms with Crippen LogP contribution in [-0.2, 0) is 18.3 Å². The van der Waals surface area contributed by atoms with Crippen LogP contribution in [-0.4, -0.2) is 15.6 Å². The van der Waals surface area contributed by atoms with Gasteiger partial charge in [0.05, 0.1) is 12.1 Å². The highest BCUT2D eigenvalue weighted by molar-refractivity contribution is 5.80. The van der Waals surface area contributed by atoms with Crippen LogP contribution in [0.25, 0.3) is 0 Å². The Bertz CT molecular complexity index is 371. The Morgan fingerprint density at radius 1 is 1.05 bits per heavy atom. The zero-order valence-corrected chi connectivity index (χ0v) is 13.2. The molecule has 0 aliphatic rings. The van der Waals surface area contributed by atoms with E-state index < -0.39 is 0 Å². The molecule has 1 heterocycles. The van der Waals surface area contributed by atoms with Gasteiger partial charge in [0.25, 0.3) is 0 Å². The SMILES string of the molecule is CCCCCCCCCCCC(=O)Cc1ccn(C)n1. The number of rotatable bonds is 12. The predicted molar refractivity (Wildman–Crippen MR) is 83.8 cm³/mol. The van der Waals surface area contributed by atoms with Crippen LogP contribution in [0.1, 0.15) is 76.8 Å². The first kappa shape index (κ1) is 16.9. The molecule has 0 aliphatic carbocycles. The van der Waals surface area contributed by atoms with Crippen molar-refractivity contribution in [2.45, 2.75) is 77.6 Å². The smallest absolute Gasteiger partial charge is 0.138 e. The van der Waals surface area contributed by atoms with Crippen molar-refractivity contribution < 1.29 is 4.79 Å². The number of carbonyl (C=O) groups excluding carboxylic acids is 1. The zero-order chi connectivity index (χ0) is 14.6. The van der Waals surface area contributed by atoms with E-state index in [2.05, 4.69) is 12.0 Å². The number of nitrogens with zero attached hydrogens (tertiary/aromatic N) is 2. The molecule has 0 atom stereocenters. The minimum atomic E-state index is 0.326. The van der Waals surface area contributed by atoms with Crippen molar-refractivity contribution >= 4 is 5.78 Å². The number of aryl methyl sites for hydroxylation is 1. The molecule has 20 heavy (non-hydrogen) atoms. The molecule has 0 saturated carbocycles. The van der Waals surface area contributed by atoms with Gasteiger partial charge in [-0.25, -0.2) is 0 Å².